The van der Waals surface area contributed by atoms with Crippen molar-refractivity contribution in [2.24, 2.45) is 0 Å². The normalized spacial score (nSPS) is 16.8. The maximum absolute atomic E-state index is 12.9. The molecule has 0 saturated carbocycles. The van der Waals surface area contributed by atoms with Crippen molar-refractivity contribution in [3.05, 3.63) is 86.8 Å². The van der Waals surface area contributed by atoms with Gasteiger partial charge in [0, 0.05) is 18.0 Å². The van der Waals surface area contributed by atoms with Crippen LogP contribution in [-0.4, -0.2) is 24.0 Å². The predicted octanol–water partition coefficient (Wildman–Crippen LogP) is 5.32. The van der Waals surface area contributed by atoms with Crippen LogP contribution in [0.25, 0.3) is 6.08 Å². The van der Waals surface area contributed by atoms with Crippen molar-refractivity contribution < 1.29 is 14.3 Å². The van der Waals surface area contributed by atoms with Gasteiger partial charge in [0.15, 0.2) is 5.76 Å². The Balaban J connectivity index is 1.37. The summed E-state index contributed by atoms with van der Waals surface area (Å²) in [5.41, 5.74) is 3.82. The Labute approximate surface area is 180 Å². The highest BCUT2D eigenvalue weighted by Crippen LogP contribution is 2.42. The number of aryl methyl sites for hydroxylation is 1. The van der Waals surface area contributed by atoms with Crippen LogP contribution in [0.3, 0.4) is 0 Å². The van der Waals surface area contributed by atoms with Crippen molar-refractivity contribution in [2.75, 3.05) is 13.3 Å². The zero-order valence-electron chi connectivity index (χ0n) is 16.9. The lowest BCUT2D eigenvalue weighted by Gasteiger charge is -2.29. The molecule has 0 bridgehead atoms. The molecule has 2 aliphatic heterocycles. The molecule has 0 aliphatic carbocycles. The van der Waals surface area contributed by atoms with Gasteiger partial charge in [0.05, 0.1) is 11.1 Å². The summed E-state index contributed by atoms with van der Waals surface area (Å²) in [5.74, 6) is 1.76. The number of hydrogen-bond acceptors (Lipinski definition) is 5. The summed E-state index contributed by atoms with van der Waals surface area (Å²) in [6.07, 6.45) is 3.81. The van der Waals surface area contributed by atoms with Crippen LogP contribution in [0.5, 0.6) is 11.5 Å². The number of benzene rings is 2. The van der Waals surface area contributed by atoms with Crippen LogP contribution in [-0.2, 0) is 19.4 Å². The molecule has 0 spiro atoms. The van der Waals surface area contributed by atoms with E-state index >= 15 is 0 Å². The van der Waals surface area contributed by atoms with Gasteiger partial charge in [-0.2, -0.15) is 0 Å². The highest BCUT2D eigenvalue weighted by atomic mass is 32.1. The van der Waals surface area contributed by atoms with Gasteiger partial charge in [0.2, 0.25) is 5.78 Å². The number of carbonyl (C=O) groups excluding carboxylic acids is 1. The average molecular weight is 418 g/mol. The SMILES string of the molecule is CCc1ccc(/C=C2\Oc3c(ccc4c3CN(CCc3cccs3)CO4)C2=O)cc1. The summed E-state index contributed by atoms with van der Waals surface area (Å²) >= 11 is 1.78. The summed E-state index contributed by atoms with van der Waals surface area (Å²) in [7, 11) is 0. The van der Waals surface area contributed by atoms with Gasteiger partial charge in [-0.25, -0.2) is 0 Å². The smallest absolute Gasteiger partial charge is 0.231 e. The summed E-state index contributed by atoms with van der Waals surface area (Å²) < 4.78 is 12.0. The molecule has 5 rings (SSSR count). The first kappa shape index (κ1) is 19.1. The summed E-state index contributed by atoms with van der Waals surface area (Å²) in [4.78, 5) is 16.5. The molecule has 0 unspecified atom stereocenters. The fourth-order valence-corrected chi connectivity index (χ4v) is 4.57. The average Bonchev–Trinajstić information content (AvgIpc) is 3.41. The van der Waals surface area contributed by atoms with Gasteiger partial charge in [-0.05, 0) is 53.6 Å². The zero-order valence-corrected chi connectivity index (χ0v) is 17.7. The van der Waals surface area contributed by atoms with E-state index in [2.05, 4.69) is 41.5 Å². The molecule has 0 N–H and O–H groups in total. The van der Waals surface area contributed by atoms with Crippen molar-refractivity contribution in [1.82, 2.24) is 4.90 Å². The molecule has 3 aromatic rings. The summed E-state index contributed by atoms with van der Waals surface area (Å²) in [5, 5.41) is 2.10. The number of thiophene rings is 1. The van der Waals surface area contributed by atoms with Crippen LogP contribution in [0.15, 0.2) is 59.7 Å². The van der Waals surface area contributed by atoms with E-state index in [0.29, 0.717) is 23.8 Å². The highest BCUT2D eigenvalue weighted by Gasteiger charge is 2.33. The number of fused-ring (bicyclic) bond motifs is 3. The molecule has 0 fully saturated rings. The number of nitrogens with zero attached hydrogens (tertiary/aromatic N) is 1. The van der Waals surface area contributed by atoms with Crippen molar-refractivity contribution in [1.29, 1.82) is 0 Å². The number of ketones is 1. The molecule has 152 valence electrons. The van der Waals surface area contributed by atoms with Crippen molar-refractivity contribution in [3.63, 3.8) is 0 Å². The lowest BCUT2D eigenvalue weighted by atomic mass is 10.0. The van der Waals surface area contributed by atoms with E-state index < -0.39 is 0 Å². The Kier molecular flexibility index (Phi) is 5.15. The summed E-state index contributed by atoms with van der Waals surface area (Å²) in [6, 6.07) is 16.2. The Morgan fingerprint density at radius 3 is 2.77 bits per heavy atom. The van der Waals surface area contributed by atoms with Gasteiger partial charge < -0.3 is 9.47 Å². The van der Waals surface area contributed by atoms with Crippen molar-refractivity contribution in [3.8, 4) is 11.5 Å². The molecule has 30 heavy (non-hydrogen) atoms. The van der Waals surface area contributed by atoms with Crippen LogP contribution in [0.4, 0.5) is 0 Å². The quantitative estimate of drug-likeness (QED) is 0.527. The van der Waals surface area contributed by atoms with Gasteiger partial charge in [-0.1, -0.05) is 37.3 Å². The second-order valence-electron chi connectivity index (χ2n) is 7.61. The van der Waals surface area contributed by atoms with Crippen LogP contribution < -0.4 is 9.47 Å². The zero-order chi connectivity index (χ0) is 20.5. The third kappa shape index (κ3) is 3.66. The lowest BCUT2D eigenvalue weighted by molar-refractivity contribution is 0.0951. The fourth-order valence-electron chi connectivity index (χ4n) is 3.87. The Hall–Kier alpha value is -2.89. The van der Waals surface area contributed by atoms with Crippen LogP contribution in [0.2, 0.25) is 0 Å². The largest absolute Gasteiger partial charge is 0.478 e. The topological polar surface area (TPSA) is 38.8 Å². The number of ether oxygens (including phenoxy) is 2. The van der Waals surface area contributed by atoms with E-state index in [1.54, 1.807) is 11.3 Å². The number of rotatable bonds is 5. The maximum Gasteiger partial charge on any atom is 0.231 e. The van der Waals surface area contributed by atoms with E-state index in [9.17, 15) is 4.79 Å². The highest BCUT2D eigenvalue weighted by molar-refractivity contribution is 7.09. The number of carbonyl (C=O) groups is 1. The monoisotopic (exact) mass is 417 g/mol. The molecule has 1 aromatic heterocycles. The Bertz CT molecular complexity index is 1100. The molecule has 4 nitrogen and oxygen atoms in total. The second kappa shape index (κ2) is 8.09. The molecule has 0 amide bonds. The van der Waals surface area contributed by atoms with Gasteiger partial charge in [-0.3, -0.25) is 9.69 Å². The molecular weight excluding hydrogens is 394 g/mol. The minimum atomic E-state index is -0.0666. The maximum atomic E-state index is 12.9. The van der Waals surface area contributed by atoms with Gasteiger partial charge in [0.25, 0.3) is 0 Å². The molecule has 3 heterocycles. The third-order valence-electron chi connectivity index (χ3n) is 5.62. The molecular formula is C25H23NO3S. The standard InChI is InChI=1S/C25H23NO3S/c1-2-17-5-7-18(8-6-17)14-23-24(27)20-9-10-22-21(25(20)29-23)15-26(16-28-22)12-11-19-4-3-13-30-19/h3-10,13-14H,2,11-12,15-16H2,1H3/b23-14-. The number of hydrogen-bond donors (Lipinski definition) is 0. The first-order valence-electron chi connectivity index (χ1n) is 10.3. The molecule has 2 aliphatic rings. The van der Waals surface area contributed by atoms with Crippen LogP contribution >= 0.6 is 11.3 Å². The van der Waals surface area contributed by atoms with Gasteiger partial charge in [-0.15, -0.1) is 11.3 Å². The fraction of sp³-hybridized carbons (Fsp3) is 0.240. The molecule has 5 heteroatoms. The third-order valence-corrected chi connectivity index (χ3v) is 6.56. The number of Topliss-reactive ketones (excluding diaryl/α,β-unsaturated/α-hetero) is 1. The first-order valence-corrected chi connectivity index (χ1v) is 11.2. The summed E-state index contributed by atoms with van der Waals surface area (Å²) in [6.45, 7) is 4.31. The van der Waals surface area contributed by atoms with E-state index in [1.807, 2.05) is 30.3 Å². The molecule has 0 radical (unpaired) electrons. The second-order valence-corrected chi connectivity index (χ2v) is 8.64. The van der Waals surface area contributed by atoms with E-state index in [-0.39, 0.29) is 5.78 Å². The Morgan fingerprint density at radius 2 is 2.00 bits per heavy atom. The number of allylic oxidation sites excluding steroid dienone is 1. The van der Waals surface area contributed by atoms with Crippen LogP contribution in [0, 0.1) is 0 Å². The van der Waals surface area contributed by atoms with E-state index in [4.69, 9.17) is 9.47 Å². The molecule has 0 saturated heterocycles. The van der Waals surface area contributed by atoms with E-state index in [0.717, 1.165) is 42.8 Å². The predicted molar refractivity (Wildman–Crippen MR) is 119 cm³/mol. The lowest BCUT2D eigenvalue weighted by Crippen LogP contribution is -2.33. The molecule has 0 atom stereocenters. The first-order chi connectivity index (χ1) is 14.7. The minimum absolute atomic E-state index is 0.0666. The van der Waals surface area contributed by atoms with Crippen molar-refractivity contribution >= 4 is 23.2 Å². The van der Waals surface area contributed by atoms with Gasteiger partial charge >= 0.3 is 0 Å². The van der Waals surface area contributed by atoms with Gasteiger partial charge in [0.1, 0.15) is 18.2 Å². The Morgan fingerprint density at radius 1 is 1.13 bits per heavy atom. The van der Waals surface area contributed by atoms with E-state index in [1.165, 1.54) is 10.4 Å². The van der Waals surface area contributed by atoms with Crippen molar-refractivity contribution in [2.45, 2.75) is 26.3 Å². The minimum Gasteiger partial charge on any atom is -0.478 e. The van der Waals surface area contributed by atoms with Crippen LogP contribution in [0.1, 0.15) is 38.8 Å². The molecule has 2 aromatic carbocycles.